The van der Waals surface area contributed by atoms with Gasteiger partial charge in [0.15, 0.2) is 5.13 Å². The maximum atomic E-state index is 13.9. The molecule has 0 bridgehead atoms. The maximum absolute atomic E-state index is 13.9. The summed E-state index contributed by atoms with van der Waals surface area (Å²) >= 11 is 1.10. The number of aliphatic hydroxyl groups excluding tert-OH is 1. The van der Waals surface area contributed by atoms with Gasteiger partial charge in [-0.3, -0.25) is 14.5 Å². The number of rotatable bonds is 5. The van der Waals surface area contributed by atoms with Crippen molar-refractivity contribution in [2.24, 2.45) is 0 Å². The highest BCUT2D eigenvalue weighted by Gasteiger charge is 2.48. The molecule has 7 nitrogen and oxygen atoms in total. The quantitative estimate of drug-likeness (QED) is 0.200. The van der Waals surface area contributed by atoms with Crippen LogP contribution >= 0.6 is 11.3 Å². The standard InChI is InChI=1S/C29H23FN2O5S/c1-3-36-20-6-4-5-16(13-20)25-24(26(33)17-7-10-22-18(12-17)11-15(2)37-22)27(34)28(35)32(25)29-31-21-9-8-19(30)14-23(21)38-29/h4-10,12-15,25,33H,3,11H2,1-2H3/t15-,25+/m0/s1. The van der Waals surface area contributed by atoms with Gasteiger partial charge in [-0.25, -0.2) is 9.37 Å². The van der Waals surface area contributed by atoms with Crippen molar-refractivity contribution >= 4 is 44.1 Å². The largest absolute Gasteiger partial charge is 0.507 e. The average Bonchev–Trinajstić information content (AvgIpc) is 3.56. The SMILES string of the molecule is CCOc1cccc([C@@H]2C(=C(O)c3ccc4c(c3)C[C@H](C)O4)C(=O)C(=O)N2c2nc3ccc(F)cc3s2)c1. The molecule has 0 aliphatic carbocycles. The number of anilines is 1. The molecule has 192 valence electrons. The van der Waals surface area contributed by atoms with E-state index in [9.17, 15) is 19.1 Å². The lowest BCUT2D eigenvalue weighted by molar-refractivity contribution is -0.132. The topological polar surface area (TPSA) is 89.0 Å². The van der Waals surface area contributed by atoms with Gasteiger partial charge in [-0.1, -0.05) is 23.5 Å². The van der Waals surface area contributed by atoms with Crippen molar-refractivity contribution in [2.75, 3.05) is 11.5 Å². The average molecular weight is 531 g/mol. The van der Waals surface area contributed by atoms with Gasteiger partial charge in [0.1, 0.15) is 29.2 Å². The molecule has 1 N–H and O–H groups in total. The van der Waals surface area contributed by atoms with Crippen LogP contribution in [0.1, 0.15) is 36.6 Å². The summed E-state index contributed by atoms with van der Waals surface area (Å²) in [5.74, 6) is -1.07. The first-order valence-electron chi connectivity index (χ1n) is 12.2. The molecular weight excluding hydrogens is 507 g/mol. The molecule has 3 heterocycles. The van der Waals surface area contributed by atoms with Gasteiger partial charge in [0.2, 0.25) is 0 Å². The van der Waals surface area contributed by atoms with Crippen molar-refractivity contribution in [3.8, 4) is 11.5 Å². The van der Waals surface area contributed by atoms with Crippen LogP contribution in [0, 0.1) is 5.82 Å². The number of ketones is 1. The van der Waals surface area contributed by atoms with Crippen molar-refractivity contribution in [3.05, 3.63) is 88.7 Å². The van der Waals surface area contributed by atoms with Crippen molar-refractivity contribution in [1.29, 1.82) is 0 Å². The van der Waals surface area contributed by atoms with Crippen molar-refractivity contribution < 1.29 is 28.6 Å². The molecule has 2 aliphatic rings. The van der Waals surface area contributed by atoms with Gasteiger partial charge in [-0.05, 0) is 73.5 Å². The van der Waals surface area contributed by atoms with Gasteiger partial charge in [0, 0.05) is 12.0 Å². The van der Waals surface area contributed by atoms with E-state index < -0.39 is 23.5 Å². The minimum absolute atomic E-state index is 0.0122. The number of ether oxygens (including phenoxy) is 2. The van der Waals surface area contributed by atoms with Crippen LogP contribution in [0.4, 0.5) is 9.52 Å². The third-order valence-corrected chi connectivity index (χ3v) is 7.66. The molecule has 38 heavy (non-hydrogen) atoms. The summed E-state index contributed by atoms with van der Waals surface area (Å²) in [5.41, 5.74) is 2.35. The van der Waals surface area contributed by atoms with Crippen LogP contribution in [-0.2, 0) is 16.0 Å². The number of benzene rings is 3. The Bertz CT molecular complexity index is 1650. The van der Waals surface area contributed by atoms with Crippen LogP contribution in [0.3, 0.4) is 0 Å². The summed E-state index contributed by atoms with van der Waals surface area (Å²) in [6, 6.07) is 15.5. The first kappa shape index (κ1) is 24.1. The van der Waals surface area contributed by atoms with Crippen LogP contribution in [-0.4, -0.2) is 34.5 Å². The summed E-state index contributed by atoms with van der Waals surface area (Å²) < 4.78 is 25.9. The number of aliphatic hydroxyl groups is 1. The van der Waals surface area contributed by atoms with Gasteiger partial charge < -0.3 is 14.6 Å². The normalized spacial score (nSPS) is 20.1. The Morgan fingerprint density at radius 3 is 2.84 bits per heavy atom. The van der Waals surface area contributed by atoms with Crippen LogP contribution in [0.5, 0.6) is 11.5 Å². The van der Waals surface area contributed by atoms with Crippen molar-refractivity contribution in [3.63, 3.8) is 0 Å². The van der Waals surface area contributed by atoms with Crippen LogP contribution in [0.15, 0.2) is 66.2 Å². The van der Waals surface area contributed by atoms with Gasteiger partial charge in [0.25, 0.3) is 5.78 Å². The van der Waals surface area contributed by atoms with E-state index in [2.05, 4.69) is 4.98 Å². The summed E-state index contributed by atoms with van der Waals surface area (Å²) in [5, 5.41) is 11.7. The molecule has 0 radical (unpaired) electrons. The molecule has 0 saturated carbocycles. The molecule has 4 aromatic rings. The van der Waals surface area contributed by atoms with Crippen LogP contribution < -0.4 is 14.4 Å². The Morgan fingerprint density at radius 2 is 2.03 bits per heavy atom. The Balaban J connectivity index is 1.54. The molecule has 2 atom stereocenters. The van der Waals surface area contributed by atoms with E-state index in [4.69, 9.17) is 9.47 Å². The highest BCUT2D eigenvalue weighted by Crippen LogP contribution is 2.45. The van der Waals surface area contributed by atoms with Gasteiger partial charge >= 0.3 is 5.91 Å². The molecular formula is C29H23FN2O5S. The predicted octanol–water partition coefficient (Wildman–Crippen LogP) is 5.78. The Morgan fingerprint density at radius 1 is 1.18 bits per heavy atom. The maximum Gasteiger partial charge on any atom is 0.301 e. The molecule has 6 rings (SSSR count). The van der Waals surface area contributed by atoms with E-state index >= 15 is 0 Å². The zero-order valence-corrected chi connectivity index (χ0v) is 21.4. The number of nitrogens with zero attached hydrogens (tertiary/aromatic N) is 2. The van der Waals surface area contributed by atoms with Crippen LogP contribution in [0.2, 0.25) is 0 Å². The number of halogens is 1. The Kier molecular flexibility index (Phi) is 5.87. The third kappa shape index (κ3) is 3.99. The molecule has 3 aromatic carbocycles. The van der Waals surface area contributed by atoms with E-state index in [1.165, 1.54) is 23.1 Å². The molecule has 0 spiro atoms. The fraction of sp³-hybridized carbons (Fsp3) is 0.207. The number of aromatic nitrogens is 1. The Labute approximate surface area is 221 Å². The number of amides is 1. The lowest BCUT2D eigenvalue weighted by atomic mass is 9.94. The number of thiazole rings is 1. The molecule has 9 heteroatoms. The van der Waals surface area contributed by atoms with Gasteiger partial charge in [-0.2, -0.15) is 0 Å². The van der Waals surface area contributed by atoms with E-state index in [-0.39, 0.29) is 22.6 Å². The molecule has 2 aliphatic heterocycles. The number of hydrogen-bond donors (Lipinski definition) is 1. The lowest BCUT2D eigenvalue weighted by Crippen LogP contribution is -2.29. The van der Waals surface area contributed by atoms with E-state index in [1.807, 2.05) is 13.8 Å². The second-order valence-corrected chi connectivity index (χ2v) is 10.2. The van der Waals surface area contributed by atoms with E-state index in [1.54, 1.807) is 42.5 Å². The lowest BCUT2D eigenvalue weighted by Gasteiger charge is -2.23. The summed E-state index contributed by atoms with van der Waals surface area (Å²) in [4.78, 5) is 32.8. The highest BCUT2D eigenvalue weighted by atomic mass is 32.1. The minimum atomic E-state index is -0.968. The smallest absolute Gasteiger partial charge is 0.301 e. The third-order valence-electron chi connectivity index (χ3n) is 6.64. The predicted molar refractivity (Wildman–Crippen MR) is 142 cm³/mol. The highest BCUT2D eigenvalue weighted by molar-refractivity contribution is 7.22. The summed E-state index contributed by atoms with van der Waals surface area (Å²) in [7, 11) is 0. The van der Waals surface area contributed by atoms with Crippen molar-refractivity contribution in [1.82, 2.24) is 4.98 Å². The summed E-state index contributed by atoms with van der Waals surface area (Å²) in [6.45, 7) is 4.25. The second-order valence-electron chi connectivity index (χ2n) is 9.24. The van der Waals surface area contributed by atoms with Gasteiger partial charge in [0.05, 0.1) is 28.4 Å². The second kappa shape index (κ2) is 9.25. The molecule has 1 amide bonds. The van der Waals surface area contributed by atoms with E-state index in [0.717, 1.165) is 22.6 Å². The first-order valence-corrected chi connectivity index (χ1v) is 13.1. The molecule has 1 saturated heterocycles. The number of carbonyl (C=O) groups excluding carboxylic acids is 2. The number of carbonyl (C=O) groups is 2. The monoisotopic (exact) mass is 530 g/mol. The number of fused-ring (bicyclic) bond motifs is 2. The zero-order chi connectivity index (χ0) is 26.6. The molecule has 1 fully saturated rings. The first-order chi connectivity index (χ1) is 18.3. The fourth-order valence-corrected chi connectivity index (χ4v) is 6.02. The zero-order valence-electron chi connectivity index (χ0n) is 20.6. The number of hydrogen-bond acceptors (Lipinski definition) is 7. The number of Topliss-reactive ketones (excluding diaryl/α,β-unsaturated/α-hetero) is 1. The van der Waals surface area contributed by atoms with Crippen molar-refractivity contribution in [2.45, 2.75) is 32.4 Å². The molecule has 0 unspecified atom stereocenters. The van der Waals surface area contributed by atoms with E-state index in [0.29, 0.717) is 40.1 Å². The Hall–Kier alpha value is -4.24. The van der Waals surface area contributed by atoms with Crippen LogP contribution in [0.25, 0.3) is 16.0 Å². The minimum Gasteiger partial charge on any atom is -0.507 e. The molecule has 1 aromatic heterocycles. The summed E-state index contributed by atoms with van der Waals surface area (Å²) in [6.07, 6.45) is 0.686. The fourth-order valence-electron chi connectivity index (χ4n) is 5.00. The van der Waals surface area contributed by atoms with Gasteiger partial charge in [-0.15, -0.1) is 0 Å².